The van der Waals surface area contributed by atoms with Gasteiger partial charge in [-0.3, -0.25) is 4.79 Å². The maximum absolute atomic E-state index is 13.0. The van der Waals surface area contributed by atoms with Crippen molar-refractivity contribution in [2.45, 2.75) is 5.75 Å². The molecule has 122 valence electrons. The zero-order chi connectivity index (χ0) is 16.1. The maximum Gasteiger partial charge on any atom is 0.232 e. The molecule has 0 spiro atoms. The van der Waals surface area contributed by atoms with Crippen LogP contribution < -0.4 is 4.90 Å². The van der Waals surface area contributed by atoms with Crippen LogP contribution in [0.1, 0.15) is 4.88 Å². The lowest BCUT2D eigenvalue weighted by Gasteiger charge is -2.36. The van der Waals surface area contributed by atoms with E-state index in [0.717, 1.165) is 37.6 Å². The Labute approximate surface area is 144 Å². The van der Waals surface area contributed by atoms with Crippen LogP contribution in [0.15, 0.2) is 41.8 Å². The molecule has 2 heterocycles. The molecule has 1 aromatic carbocycles. The van der Waals surface area contributed by atoms with Crippen molar-refractivity contribution in [2.24, 2.45) is 0 Å². The summed E-state index contributed by atoms with van der Waals surface area (Å²) in [6.07, 6.45) is 0. The molecule has 23 heavy (non-hydrogen) atoms. The third-order valence-corrected chi connectivity index (χ3v) is 5.90. The Morgan fingerprint density at radius 1 is 1.13 bits per heavy atom. The van der Waals surface area contributed by atoms with E-state index in [2.05, 4.69) is 16.3 Å². The Balaban J connectivity index is 1.43. The maximum atomic E-state index is 13.0. The summed E-state index contributed by atoms with van der Waals surface area (Å²) < 4.78 is 13.0. The summed E-state index contributed by atoms with van der Waals surface area (Å²) in [7, 11) is 0. The molecule has 0 N–H and O–H groups in total. The van der Waals surface area contributed by atoms with E-state index in [1.165, 1.54) is 17.0 Å². The molecule has 0 saturated carbocycles. The van der Waals surface area contributed by atoms with Gasteiger partial charge < -0.3 is 9.80 Å². The first-order valence-electron chi connectivity index (χ1n) is 7.61. The highest BCUT2D eigenvalue weighted by Gasteiger charge is 2.21. The number of anilines is 1. The number of amides is 1. The zero-order valence-corrected chi connectivity index (χ0v) is 14.4. The molecule has 6 heteroatoms. The molecule has 1 amide bonds. The second-order valence-electron chi connectivity index (χ2n) is 5.42. The van der Waals surface area contributed by atoms with E-state index in [1.807, 2.05) is 11.0 Å². The number of nitrogens with zero attached hydrogens (tertiary/aromatic N) is 2. The fourth-order valence-electron chi connectivity index (χ4n) is 2.59. The van der Waals surface area contributed by atoms with E-state index in [-0.39, 0.29) is 11.7 Å². The van der Waals surface area contributed by atoms with E-state index in [1.54, 1.807) is 35.2 Å². The first-order valence-corrected chi connectivity index (χ1v) is 9.64. The molecule has 1 aromatic heterocycles. The minimum Gasteiger partial charge on any atom is -0.368 e. The molecule has 0 atom stereocenters. The molecule has 0 radical (unpaired) electrons. The highest BCUT2D eigenvalue weighted by molar-refractivity contribution is 7.99. The summed E-state index contributed by atoms with van der Waals surface area (Å²) in [4.78, 5) is 17.7. The van der Waals surface area contributed by atoms with Gasteiger partial charge in [-0.25, -0.2) is 4.39 Å². The molecule has 1 aliphatic heterocycles. The zero-order valence-electron chi connectivity index (χ0n) is 12.8. The second kappa shape index (κ2) is 7.84. The number of rotatable bonds is 5. The van der Waals surface area contributed by atoms with Crippen LogP contribution in [0.3, 0.4) is 0 Å². The SMILES string of the molecule is O=C(CSCc1cccs1)N1CCN(c2ccc(F)cc2)CC1. The number of thiophene rings is 1. The van der Waals surface area contributed by atoms with Crippen molar-refractivity contribution in [1.82, 2.24) is 4.90 Å². The smallest absolute Gasteiger partial charge is 0.232 e. The number of carbonyl (C=O) groups excluding carboxylic acids is 1. The Kier molecular flexibility index (Phi) is 5.56. The second-order valence-corrected chi connectivity index (χ2v) is 7.43. The predicted octanol–water partition coefficient (Wildman–Crippen LogP) is 3.47. The summed E-state index contributed by atoms with van der Waals surface area (Å²) in [6, 6.07) is 10.7. The average molecular weight is 350 g/mol. The minimum absolute atomic E-state index is 0.213. The van der Waals surface area contributed by atoms with Gasteiger partial charge in [0, 0.05) is 42.5 Å². The van der Waals surface area contributed by atoms with E-state index >= 15 is 0 Å². The van der Waals surface area contributed by atoms with Gasteiger partial charge in [-0.15, -0.1) is 23.1 Å². The molecule has 3 rings (SSSR count). The van der Waals surface area contributed by atoms with Crippen LogP contribution in [0, 0.1) is 5.82 Å². The van der Waals surface area contributed by atoms with Gasteiger partial charge in [0.1, 0.15) is 5.82 Å². The summed E-state index contributed by atoms with van der Waals surface area (Å²) in [5.74, 6) is 1.43. The summed E-state index contributed by atoms with van der Waals surface area (Å²) in [6.45, 7) is 3.06. The number of hydrogen-bond donors (Lipinski definition) is 0. The lowest BCUT2D eigenvalue weighted by molar-refractivity contribution is -0.128. The third-order valence-electron chi connectivity index (χ3n) is 3.87. The molecule has 1 fully saturated rings. The molecule has 0 aliphatic carbocycles. The van der Waals surface area contributed by atoms with Crippen molar-refractivity contribution in [2.75, 3.05) is 36.8 Å². The van der Waals surface area contributed by atoms with Gasteiger partial charge in [-0.05, 0) is 35.7 Å². The van der Waals surface area contributed by atoms with Crippen molar-refractivity contribution < 1.29 is 9.18 Å². The minimum atomic E-state index is -0.217. The molecule has 3 nitrogen and oxygen atoms in total. The van der Waals surface area contributed by atoms with Gasteiger partial charge in [-0.1, -0.05) is 6.07 Å². The number of carbonyl (C=O) groups is 1. The first-order chi connectivity index (χ1) is 11.2. The highest BCUT2D eigenvalue weighted by Crippen LogP contribution is 2.19. The average Bonchev–Trinajstić information content (AvgIpc) is 3.09. The summed E-state index contributed by atoms with van der Waals surface area (Å²) in [5, 5.41) is 2.06. The van der Waals surface area contributed by atoms with Crippen LogP contribution in [0.5, 0.6) is 0 Å². The Morgan fingerprint density at radius 2 is 1.87 bits per heavy atom. The highest BCUT2D eigenvalue weighted by atomic mass is 32.2. The standard InChI is InChI=1S/C17H19FN2OS2/c18-14-3-5-15(6-4-14)19-7-9-20(10-8-19)17(21)13-22-12-16-2-1-11-23-16/h1-6,11H,7-10,12-13H2. The van der Waals surface area contributed by atoms with E-state index in [9.17, 15) is 9.18 Å². The van der Waals surface area contributed by atoms with Gasteiger partial charge in [0.05, 0.1) is 5.75 Å². The van der Waals surface area contributed by atoms with Crippen LogP contribution in [-0.4, -0.2) is 42.7 Å². The Morgan fingerprint density at radius 3 is 2.52 bits per heavy atom. The van der Waals surface area contributed by atoms with Crippen molar-refractivity contribution in [3.8, 4) is 0 Å². The van der Waals surface area contributed by atoms with Crippen molar-refractivity contribution >= 4 is 34.7 Å². The number of halogens is 1. The fraction of sp³-hybridized carbons (Fsp3) is 0.353. The Hall–Kier alpha value is -1.53. The van der Waals surface area contributed by atoms with E-state index in [0.29, 0.717) is 5.75 Å². The van der Waals surface area contributed by atoms with E-state index < -0.39 is 0 Å². The molecule has 1 aliphatic rings. The van der Waals surface area contributed by atoms with Crippen LogP contribution in [0.2, 0.25) is 0 Å². The van der Waals surface area contributed by atoms with Crippen LogP contribution >= 0.6 is 23.1 Å². The monoisotopic (exact) mass is 350 g/mol. The molecule has 0 bridgehead atoms. The quantitative estimate of drug-likeness (QED) is 0.825. The van der Waals surface area contributed by atoms with Crippen LogP contribution in [0.25, 0.3) is 0 Å². The van der Waals surface area contributed by atoms with Gasteiger partial charge >= 0.3 is 0 Å². The van der Waals surface area contributed by atoms with Gasteiger partial charge in [0.25, 0.3) is 0 Å². The lowest BCUT2D eigenvalue weighted by atomic mass is 10.2. The number of hydrogen-bond acceptors (Lipinski definition) is 4. The first kappa shape index (κ1) is 16.3. The summed E-state index contributed by atoms with van der Waals surface area (Å²) >= 11 is 3.41. The molecule has 0 unspecified atom stereocenters. The lowest BCUT2D eigenvalue weighted by Crippen LogP contribution is -2.49. The normalized spacial score (nSPS) is 15.0. The Bertz CT molecular complexity index is 623. The number of piperazine rings is 1. The molecular weight excluding hydrogens is 331 g/mol. The fourth-order valence-corrected chi connectivity index (χ4v) is 4.36. The topological polar surface area (TPSA) is 23.6 Å². The number of benzene rings is 1. The number of thioether (sulfide) groups is 1. The third kappa shape index (κ3) is 4.48. The van der Waals surface area contributed by atoms with Crippen molar-refractivity contribution in [1.29, 1.82) is 0 Å². The molecule has 2 aromatic rings. The van der Waals surface area contributed by atoms with Gasteiger partial charge in [0.2, 0.25) is 5.91 Å². The van der Waals surface area contributed by atoms with E-state index in [4.69, 9.17) is 0 Å². The molecular formula is C17H19FN2OS2. The van der Waals surface area contributed by atoms with Gasteiger partial charge in [0.15, 0.2) is 0 Å². The molecule has 1 saturated heterocycles. The largest absolute Gasteiger partial charge is 0.368 e. The summed E-state index contributed by atoms with van der Waals surface area (Å²) in [5.41, 5.74) is 1.02. The van der Waals surface area contributed by atoms with Crippen LogP contribution in [0.4, 0.5) is 10.1 Å². The van der Waals surface area contributed by atoms with Crippen molar-refractivity contribution in [3.63, 3.8) is 0 Å². The van der Waals surface area contributed by atoms with Crippen LogP contribution in [-0.2, 0) is 10.5 Å². The van der Waals surface area contributed by atoms with Crippen molar-refractivity contribution in [3.05, 3.63) is 52.5 Å². The van der Waals surface area contributed by atoms with Gasteiger partial charge in [-0.2, -0.15) is 0 Å². The predicted molar refractivity (Wildman–Crippen MR) is 95.7 cm³/mol.